The predicted molar refractivity (Wildman–Crippen MR) is 81.5 cm³/mol. The summed E-state index contributed by atoms with van der Waals surface area (Å²) in [6.07, 6.45) is 0.268. The van der Waals surface area contributed by atoms with Gasteiger partial charge in [-0.15, -0.1) is 0 Å². The van der Waals surface area contributed by atoms with E-state index < -0.39 is 6.10 Å². The fourth-order valence-corrected chi connectivity index (χ4v) is 1.73. The lowest BCUT2D eigenvalue weighted by Crippen LogP contribution is -2.40. The molecule has 0 radical (unpaired) electrons. The number of aliphatic hydroxyl groups excluding tert-OH is 1. The molecule has 5 nitrogen and oxygen atoms in total. The van der Waals surface area contributed by atoms with Gasteiger partial charge >= 0.3 is 0 Å². The summed E-state index contributed by atoms with van der Waals surface area (Å²) in [6, 6.07) is 5.29. The van der Waals surface area contributed by atoms with Gasteiger partial charge in [0.1, 0.15) is 11.5 Å². The highest BCUT2D eigenvalue weighted by Crippen LogP contribution is 2.26. The van der Waals surface area contributed by atoms with Gasteiger partial charge < -0.3 is 19.9 Å². The Bertz CT molecular complexity index is 460. The number of carbonyl (C=O) groups excluding carboxylic acids is 1. The van der Waals surface area contributed by atoms with E-state index in [4.69, 9.17) is 9.47 Å². The average Bonchev–Trinajstić information content (AvgIpc) is 2.44. The molecule has 0 saturated carbocycles. The molecule has 0 bridgehead atoms. The first-order chi connectivity index (χ1) is 9.97. The maximum absolute atomic E-state index is 11.9. The number of rotatable bonds is 8. The molecule has 0 spiro atoms. The molecule has 0 heterocycles. The molecule has 0 aliphatic rings. The smallest absolute Gasteiger partial charge is 0.260 e. The molecule has 1 amide bonds. The third kappa shape index (κ3) is 5.63. The van der Waals surface area contributed by atoms with Crippen molar-refractivity contribution in [2.75, 3.05) is 6.61 Å². The SMILES string of the molecule is CCCOc1ccc(CO)c(OC(C)C(=O)NC(C)C)c1. The molecule has 118 valence electrons. The third-order valence-electron chi connectivity index (χ3n) is 2.79. The second-order valence-corrected chi connectivity index (χ2v) is 5.20. The molecule has 0 fully saturated rings. The molecule has 1 aromatic rings. The maximum atomic E-state index is 11.9. The zero-order chi connectivity index (χ0) is 15.8. The summed E-state index contributed by atoms with van der Waals surface area (Å²) in [5.41, 5.74) is 0.628. The minimum absolute atomic E-state index is 0.0556. The van der Waals surface area contributed by atoms with Crippen molar-refractivity contribution >= 4 is 5.91 Å². The third-order valence-corrected chi connectivity index (χ3v) is 2.79. The lowest BCUT2D eigenvalue weighted by Gasteiger charge is -2.18. The summed E-state index contributed by atoms with van der Waals surface area (Å²) in [5.74, 6) is 0.951. The van der Waals surface area contributed by atoms with Gasteiger partial charge in [-0.1, -0.05) is 6.92 Å². The van der Waals surface area contributed by atoms with Crippen molar-refractivity contribution in [2.45, 2.75) is 52.9 Å². The van der Waals surface area contributed by atoms with Crippen molar-refractivity contribution in [1.82, 2.24) is 5.32 Å². The molecule has 1 unspecified atom stereocenters. The van der Waals surface area contributed by atoms with Gasteiger partial charge in [-0.25, -0.2) is 0 Å². The Morgan fingerprint density at radius 1 is 1.33 bits per heavy atom. The predicted octanol–water partition coefficient (Wildman–Crippen LogP) is 2.26. The highest BCUT2D eigenvalue weighted by molar-refractivity contribution is 5.81. The first-order valence-electron chi connectivity index (χ1n) is 7.31. The zero-order valence-corrected chi connectivity index (χ0v) is 13.2. The molecule has 0 aromatic heterocycles. The normalized spacial score (nSPS) is 12.1. The number of amides is 1. The van der Waals surface area contributed by atoms with Gasteiger partial charge in [0, 0.05) is 17.7 Å². The fourth-order valence-electron chi connectivity index (χ4n) is 1.73. The molecular weight excluding hydrogens is 270 g/mol. The maximum Gasteiger partial charge on any atom is 0.260 e. The Morgan fingerprint density at radius 2 is 2.05 bits per heavy atom. The van der Waals surface area contributed by atoms with Gasteiger partial charge in [-0.3, -0.25) is 4.79 Å². The minimum atomic E-state index is -0.640. The molecule has 5 heteroatoms. The molecule has 1 rings (SSSR count). The molecule has 1 aromatic carbocycles. The molecule has 1 atom stereocenters. The van der Waals surface area contributed by atoms with Crippen LogP contribution in [0.1, 0.15) is 39.7 Å². The fraction of sp³-hybridized carbons (Fsp3) is 0.562. The molecule has 21 heavy (non-hydrogen) atoms. The van der Waals surface area contributed by atoms with E-state index in [0.29, 0.717) is 23.7 Å². The lowest BCUT2D eigenvalue weighted by atomic mass is 10.2. The van der Waals surface area contributed by atoms with Crippen LogP contribution in [0.3, 0.4) is 0 Å². The Morgan fingerprint density at radius 3 is 2.62 bits per heavy atom. The Hall–Kier alpha value is -1.75. The number of carbonyl (C=O) groups is 1. The summed E-state index contributed by atoms with van der Waals surface area (Å²) in [5, 5.41) is 12.2. The van der Waals surface area contributed by atoms with Crippen LogP contribution in [0, 0.1) is 0 Å². The van der Waals surface area contributed by atoms with Gasteiger partial charge in [0.25, 0.3) is 5.91 Å². The van der Waals surface area contributed by atoms with E-state index in [1.807, 2.05) is 20.8 Å². The summed E-state index contributed by atoms with van der Waals surface area (Å²) < 4.78 is 11.2. The number of hydrogen-bond donors (Lipinski definition) is 2. The van der Waals surface area contributed by atoms with E-state index in [9.17, 15) is 9.90 Å². The van der Waals surface area contributed by atoms with Crippen LogP contribution in [-0.4, -0.2) is 29.8 Å². The summed E-state index contributed by atoms with van der Waals surface area (Å²) >= 11 is 0. The number of nitrogens with one attached hydrogen (secondary N) is 1. The van der Waals surface area contributed by atoms with Gasteiger partial charge in [-0.2, -0.15) is 0 Å². The van der Waals surface area contributed by atoms with Crippen molar-refractivity contribution in [3.63, 3.8) is 0 Å². The van der Waals surface area contributed by atoms with E-state index in [1.54, 1.807) is 25.1 Å². The van der Waals surface area contributed by atoms with Crippen LogP contribution >= 0.6 is 0 Å². The minimum Gasteiger partial charge on any atom is -0.493 e. The van der Waals surface area contributed by atoms with E-state index in [1.165, 1.54) is 0 Å². The van der Waals surface area contributed by atoms with Crippen molar-refractivity contribution in [3.8, 4) is 11.5 Å². The van der Waals surface area contributed by atoms with Crippen LogP contribution < -0.4 is 14.8 Å². The van der Waals surface area contributed by atoms with Crippen LogP contribution in [0.2, 0.25) is 0 Å². The molecule has 2 N–H and O–H groups in total. The Kier molecular flexibility index (Phi) is 7.02. The molecule has 0 aliphatic heterocycles. The van der Waals surface area contributed by atoms with E-state index in [0.717, 1.165) is 6.42 Å². The van der Waals surface area contributed by atoms with Crippen molar-refractivity contribution in [2.24, 2.45) is 0 Å². The van der Waals surface area contributed by atoms with Crippen LogP contribution in [0.15, 0.2) is 18.2 Å². The summed E-state index contributed by atoms with van der Waals surface area (Å²) in [4.78, 5) is 11.9. The summed E-state index contributed by atoms with van der Waals surface area (Å²) in [6.45, 7) is 7.95. The first-order valence-corrected chi connectivity index (χ1v) is 7.31. The van der Waals surface area contributed by atoms with Crippen LogP contribution in [0.4, 0.5) is 0 Å². The standard InChI is InChI=1S/C16H25NO4/c1-5-8-20-14-7-6-13(10-18)15(9-14)21-12(4)16(19)17-11(2)3/h6-7,9,11-12,18H,5,8,10H2,1-4H3,(H,17,19). The highest BCUT2D eigenvalue weighted by atomic mass is 16.5. The quantitative estimate of drug-likeness (QED) is 0.772. The number of ether oxygens (including phenoxy) is 2. The molecule has 0 aliphatic carbocycles. The number of benzene rings is 1. The second-order valence-electron chi connectivity index (χ2n) is 5.20. The average molecular weight is 295 g/mol. The van der Waals surface area contributed by atoms with Gasteiger partial charge in [0.2, 0.25) is 0 Å². The van der Waals surface area contributed by atoms with Crippen LogP contribution in [0.5, 0.6) is 11.5 Å². The zero-order valence-electron chi connectivity index (χ0n) is 13.2. The molecule has 0 saturated heterocycles. The van der Waals surface area contributed by atoms with Crippen molar-refractivity contribution < 1.29 is 19.4 Å². The Balaban J connectivity index is 2.81. The second kappa shape index (κ2) is 8.52. The highest BCUT2D eigenvalue weighted by Gasteiger charge is 2.17. The van der Waals surface area contributed by atoms with Crippen molar-refractivity contribution in [3.05, 3.63) is 23.8 Å². The van der Waals surface area contributed by atoms with Gasteiger partial charge in [-0.05, 0) is 39.3 Å². The first kappa shape index (κ1) is 17.3. The largest absolute Gasteiger partial charge is 0.493 e. The lowest BCUT2D eigenvalue weighted by molar-refractivity contribution is -0.127. The van der Waals surface area contributed by atoms with E-state index in [2.05, 4.69) is 5.32 Å². The van der Waals surface area contributed by atoms with Crippen LogP contribution in [-0.2, 0) is 11.4 Å². The monoisotopic (exact) mass is 295 g/mol. The molecular formula is C16H25NO4. The Labute approximate surface area is 126 Å². The van der Waals surface area contributed by atoms with E-state index in [-0.39, 0.29) is 18.6 Å². The van der Waals surface area contributed by atoms with Crippen molar-refractivity contribution in [1.29, 1.82) is 0 Å². The summed E-state index contributed by atoms with van der Waals surface area (Å²) in [7, 11) is 0. The van der Waals surface area contributed by atoms with Gasteiger partial charge in [0.15, 0.2) is 6.10 Å². The van der Waals surface area contributed by atoms with E-state index >= 15 is 0 Å². The van der Waals surface area contributed by atoms with Gasteiger partial charge in [0.05, 0.1) is 13.2 Å². The van der Waals surface area contributed by atoms with Crippen LogP contribution in [0.25, 0.3) is 0 Å². The number of aliphatic hydroxyl groups is 1. The number of hydrogen-bond acceptors (Lipinski definition) is 4. The topological polar surface area (TPSA) is 67.8 Å².